The number of hydrogen-bond donors (Lipinski definition) is 2. The maximum atomic E-state index is 12.4. The van der Waals surface area contributed by atoms with E-state index in [1.165, 1.54) is 51.4 Å². The maximum absolute atomic E-state index is 12.4. The van der Waals surface area contributed by atoms with Crippen molar-refractivity contribution in [2.45, 2.75) is 117 Å². The van der Waals surface area contributed by atoms with E-state index in [2.05, 4.69) is 13.8 Å². The summed E-state index contributed by atoms with van der Waals surface area (Å²) in [7, 11) is 0. The van der Waals surface area contributed by atoms with Gasteiger partial charge in [0.2, 0.25) is 0 Å². The second-order valence-electron chi connectivity index (χ2n) is 10.5. The molecule has 1 saturated carbocycles. The third-order valence-corrected chi connectivity index (χ3v) is 7.23. The number of rotatable bonds is 18. The van der Waals surface area contributed by atoms with E-state index in [1.54, 1.807) is 24.3 Å². The zero-order chi connectivity index (χ0) is 29.6. The van der Waals surface area contributed by atoms with Crippen LogP contribution in [0.3, 0.4) is 0 Å². The largest absolute Gasteiger partial charge is 0.481 e. The molecule has 1 aromatic rings. The predicted octanol–water partition coefficient (Wildman–Crippen LogP) is 7.68. The number of ether oxygens (including phenoxy) is 2. The van der Waals surface area contributed by atoms with Gasteiger partial charge in [-0.15, -0.1) is 0 Å². The molecule has 0 bridgehead atoms. The van der Waals surface area contributed by atoms with Crippen LogP contribution < -0.4 is 0 Å². The smallest absolute Gasteiger partial charge is 0.339 e. The fraction of sp³-hybridized carbons (Fsp3) is 0.688. The van der Waals surface area contributed by atoms with Gasteiger partial charge in [-0.3, -0.25) is 9.59 Å². The molecule has 0 aliphatic heterocycles. The second-order valence-corrected chi connectivity index (χ2v) is 10.5. The Kier molecular flexibility index (Phi) is 19.2. The quantitative estimate of drug-likeness (QED) is 0.138. The Balaban J connectivity index is 0.000000552. The zero-order valence-electron chi connectivity index (χ0n) is 24.5. The number of carboxylic acid groups (broad SMARTS) is 2. The molecule has 1 aliphatic carbocycles. The van der Waals surface area contributed by atoms with Crippen LogP contribution in [0.5, 0.6) is 0 Å². The van der Waals surface area contributed by atoms with E-state index in [1.807, 2.05) is 0 Å². The van der Waals surface area contributed by atoms with Gasteiger partial charge < -0.3 is 19.7 Å². The van der Waals surface area contributed by atoms with Crippen molar-refractivity contribution in [2.75, 3.05) is 13.2 Å². The van der Waals surface area contributed by atoms with E-state index in [-0.39, 0.29) is 0 Å². The SMILES string of the molecule is CCCCCCCCOC(=O)c1ccccc1C(=O)OCCCCCCCC.O=C(O)C1CCCCC1C(=O)O. The Morgan fingerprint density at radius 3 is 1.32 bits per heavy atom. The summed E-state index contributed by atoms with van der Waals surface area (Å²) < 4.78 is 10.7. The van der Waals surface area contributed by atoms with Crippen LogP contribution in [0.4, 0.5) is 0 Å². The van der Waals surface area contributed by atoms with Gasteiger partial charge in [0.1, 0.15) is 0 Å². The average molecular weight is 563 g/mol. The molecule has 2 atom stereocenters. The lowest BCUT2D eigenvalue weighted by Crippen LogP contribution is -2.32. The number of carbonyl (C=O) groups excluding carboxylic acids is 2. The van der Waals surface area contributed by atoms with Gasteiger partial charge in [-0.1, -0.05) is 103 Å². The predicted molar refractivity (Wildman–Crippen MR) is 154 cm³/mol. The van der Waals surface area contributed by atoms with Crippen molar-refractivity contribution in [2.24, 2.45) is 11.8 Å². The van der Waals surface area contributed by atoms with Crippen LogP contribution in [0.2, 0.25) is 0 Å². The minimum Gasteiger partial charge on any atom is -0.481 e. The second kappa shape index (κ2) is 21.9. The van der Waals surface area contributed by atoms with E-state index in [9.17, 15) is 19.2 Å². The summed E-state index contributed by atoms with van der Waals surface area (Å²) in [5, 5.41) is 17.4. The average Bonchev–Trinajstić information content (AvgIpc) is 2.96. The van der Waals surface area contributed by atoms with E-state index in [0.717, 1.165) is 38.5 Å². The molecule has 0 spiro atoms. The lowest BCUT2D eigenvalue weighted by molar-refractivity contribution is -0.155. The van der Waals surface area contributed by atoms with Crippen molar-refractivity contribution in [1.82, 2.24) is 0 Å². The number of carbonyl (C=O) groups is 4. The summed E-state index contributed by atoms with van der Waals surface area (Å²) >= 11 is 0. The zero-order valence-corrected chi connectivity index (χ0v) is 24.5. The number of carboxylic acids is 2. The minimum absolute atomic E-state index is 0.293. The molecule has 0 heterocycles. The Morgan fingerprint density at radius 1 is 0.625 bits per heavy atom. The first kappa shape index (κ1) is 35.1. The summed E-state index contributed by atoms with van der Waals surface area (Å²) in [6.07, 6.45) is 16.3. The normalized spacial score (nSPS) is 16.4. The maximum Gasteiger partial charge on any atom is 0.339 e. The minimum atomic E-state index is -0.970. The van der Waals surface area contributed by atoms with E-state index < -0.39 is 35.7 Å². The van der Waals surface area contributed by atoms with Crippen molar-refractivity contribution in [1.29, 1.82) is 0 Å². The lowest BCUT2D eigenvalue weighted by atomic mass is 9.79. The van der Waals surface area contributed by atoms with Crippen molar-refractivity contribution in [3.63, 3.8) is 0 Å². The van der Waals surface area contributed by atoms with Gasteiger partial charge in [0.05, 0.1) is 36.2 Å². The van der Waals surface area contributed by atoms with Crippen LogP contribution in [0, 0.1) is 11.8 Å². The standard InChI is InChI=1S/C24H38O4.C8H12O4/c1-3-5-7-9-11-15-19-27-23(25)21-17-13-14-18-22(21)24(26)28-20-16-12-10-8-6-4-2;9-7(10)5-3-1-2-4-6(5)8(11)12/h13-14,17-18H,3-12,15-16,19-20H2,1-2H3;5-6H,1-4H2,(H,9,10)(H,11,12). The molecule has 2 N–H and O–H groups in total. The molecule has 40 heavy (non-hydrogen) atoms. The number of benzene rings is 1. The van der Waals surface area contributed by atoms with Gasteiger partial charge in [0, 0.05) is 0 Å². The van der Waals surface area contributed by atoms with Gasteiger partial charge in [-0.25, -0.2) is 9.59 Å². The van der Waals surface area contributed by atoms with Crippen LogP contribution in [0.15, 0.2) is 24.3 Å². The Bertz CT molecular complexity index is 810. The monoisotopic (exact) mass is 562 g/mol. The van der Waals surface area contributed by atoms with E-state index in [0.29, 0.717) is 37.2 Å². The lowest BCUT2D eigenvalue weighted by Gasteiger charge is -2.24. The molecular weight excluding hydrogens is 512 g/mol. The summed E-state index contributed by atoms with van der Waals surface area (Å²) in [6.45, 7) is 5.17. The third-order valence-electron chi connectivity index (χ3n) is 7.23. The number of hydrogen-bond acceptors (Lipinski definition) is 6. The molecule has 2 rings (SSSR count). The van der Waals surface area contributed by atoms with Crippen LogP contribution >= 0.6 is 0 Å². The van der Waals surface area contributed by atoms with E-state index in [4.69, 9.17) is 19.7 Å². The first-order chi connectivity index (χ1) is 19.3. The first-order valence-electron chi connectivity index (χ1n) is 15.2. The van der Waals surface area contributed by atoms with Gasteiger partial charge >= 0.3 is 23.9 Å². The van der Waals surface area contributed by atoms with Gasteiger partial charge in [-0.2, -0.15) is 0 Å². The Morgan fingerprint density at radius 2 is 0.975 bits per heavy atom. The highest BCUT2D eigenvalue weighted by Crippen LogP contribution is 2.30. The molecule has 1 aliphatic rings. The molecule has 2 unspecified atom stereocenters. The van der Waals surface area contributed by atoms with Crippen molar-refractivity contribution in [3.05, 3.63) is 35.4 Å². The van der Waals surface area contributed by atoms with Crippen LogP contribution in [0.25, 0.3) is 0 Å². The molecule has 8 nitrogen and oxygen atoms in total. The molecule has 0 radical (unpaired) electrons. The third kappa shape index (κ3) is 14.5. The first-order valence-corrected chi connectivity index (χ1v) is 15.2. The fourth-order valence-electron chi connectivity index (χ4n) is 4.81. The molecule has 1 fully saturated rings. The van der Waals surface area contributed by atoms with Crippen molar-refractivity contribution < 1.29 is 38.9 Å². The van der Waals surface area contributed by atoms with Gasteiger partial charge in [0.25, 0.3) is 0 Å². The van der Waals surface area contributed by atoms with Crippen molar-refractivity contribution in [3.8, 4) is 0 Å². The van der Waals surface area contributed by atoms with Gasteiger partial charge in [0.15, 0.2) is 0 Å². The summed E-state index contributed by atoms with van der Waals surface area (Å²) in [5.41, 5.74) is 0.586. The number of esters is 2. The molecule has 1 aromatic carbocycles. The van der Waals surface area contributed by atoms with Crippen LogP contribution in [0.1, 0.15) is 137 Å². The topological polar surface area (TPSA) is 127 Å². The highest BCUT2D eigenvalue weighted by atomic mass is 16.5. The van der Waals surface area contributed by atoms with Gasteiger partial charge in [-0.05, 0) is 37.8 Å². The Hall–Kier alpha value is -2.90. The summed E-state index contributed by atoms with van der Waals surface area (Å²) in [4.78, 5) is 45.9. The molecule has 0 aromatic heterocycles. The molecule has 0 amide bonds. The summed E-state index contributed by atoms with van der Waals surface area (Å²) in [5.74, 6) is -4.17. The number of unbranched alkanes of at least 4 members (excludes halogenated alkanes) is 10. The Labute approximate surface area is 239 Å². The molecule has 0 saturated heterocycles. The highest BCUT2D eigenvalue weighted by Gasteiger charge is 2.35. The van der Waals surface area contributed by atoms with Crippen LogP contribution in [-0.2, 0) is 19.1 Å². The fourth-order valence-corrected chi connectivity index (χ4v) is 4.81. The highest BCUT2D eigenvalue weighted by molar-refractivity contribution is 6.03. The molecule has 8 heteroatoms. The van der Waals surface area contributed by atoms with Crippen molar-refractivity contribution >= 4 is 23.9 Å². The van der Waals surface area contributed by atoms with Crippen LogP contribution in [-0.4, -0.2) is 47.3 Å². The summed E-state index contributed by atoms with van der Waals surface area (Å²) in [6, 6.07) is 6.74. The molecular formula is C32H50O8. The number of aliphatic carboxylic acids is 2. The van der Waals surface area contributed by atoms with E-state index >= 15 is 0 Å². The molecule has 226 valence electrons.